The summed E-state index contributed by atoms with van der Waals surface area (Å²) < 4.78 is 32.7. The van der Waals surface area contributed by atoms with Gasteiger partial charge in [0.25, 0.3) is 0 Å². The number of carbonyl (C=O) groups excluding carboxylic acids is 1. The van der Waals surface area contributed by atoms with Gasteiger partial charge in [-0.1, -0.05) is 15.9 Å². The highest BCUT2D eigenvalue weighted by atomic mass is 79.9. The number of nitrogens with zero attached hydrogens (tertiary/aromatic N) is 5. The lowest BCUT2D eigenvalue weighted by molar-refractivity contribution is 0.0136. The van der Waals surface area contributed by atoms with Crippen LogP contribution in [-0.4, -0.2) is 102 Å². The second-order valence-electron chi connectivity index (χ2n) is 12.0. The Labute approximate surface area is 238 Å². The maximum atomic E-state index is 14.3. The lowest BCUT2D eigenvalue weighted by Gasteiger charge is -2.34. The van der Waals surface area contributed by atoms with Gasteiger partial charge in [0, 0.05) is 43.5 Å². The summed E-state index contributed by atoms with van der Waals surface area (Å²) in [4.78, 5) is 28.7. The molecule has 0 saturated carbocycles. The van der Waals surface area contributed by atoms with Gasteiger partial charge in [0.05, 0.1) is 29.7 Å². The van der Waals surface area contributed by atoms with E-state index in [9.17, 15) is 9.18 Å². The highest BCUT2D eigenvalue weighted by Crippen LogP contribution is 2.41. The van der Waals surface area contributed by atoms with E-state index in [4.69, 9.17) is 24.2 Å². The van der Waals surface area contributed by atoms with Crippen molar-refractivity contribution >= 4 is 38.7 Å². The molecule has 1 amide bonds. The van der Waals surface area contributed by atoms with Crippen molar-refractivity contribution in [2.24, 2.45) is 0 Å². The zero-order chi connectivity index (χ0) is 27.9. The van der Waals surface area contributed by atoms with Gasteiger partial charge in [0.2, 0.25) is 0 Å². The number of amides is 1. The first-order chi connectivity index (χ1) is 18.5. The van der Waals surface area contributed by atoms with Crippen LogP contribution in [0.3, 0.4) is 0 Å². The summed E-state index contributed by atoms with van der Waals surface area (Å²) in [6.07, 6.45) is 2.02. The molecule has 39 heavy (non-hydrogen) atoms. The summed E-state index contributed by atoms with van der Waals surface area (Å²) in [6.45, 7) is 8.26. The number of ether oxygens (including phenoxy) is 3. The van der Waals surface area contributed by atoms with Crippen LogP contribution in [0.25, 0.3) is 10.9 Å². The highest BCUT2D eigenvalue weighted by molar-refractivity contribution is 9.10. The van der Waals surface area contributed by atoms with E-state index in [2.05, 4.69) is 25.7 Å². The first kappa shape index (κ1) is 28.3. The third kappa shape index (κ3) is 5.81. The number of likely N-dealkylation sites (tertiary alicyclic amines) is 1. The van der Waals surface area contributed by atoms with Crippen LogP contribution >= 0.6 is 15.9 Å². The molecule has 1 aromatic heterocycles. The van der Waals surface area contributed by atoms with Crippen LogP contribution < -0.4 is 9.64 Å². The number of methoxy groups -OCH3 is 1. The number of halogens is 2. The highest BCUT2D eigenvalue weighted by Gasteiger charge is 2.49. The van der Waals surface area contributed by atoms with E-state index in [1.54, 1.807) is 12.0 Å². The molecule has 3 aliphatic rings. The Hall–Kier alpha value is -2.24. The number of hydrogen-bond acceptors (Lipinski definition) is 8. The summed E-state index contributed by atoms with van der Waals surface area (Å²) >= 11 is 3.56. The molecule has 0 N–H and O–H groups in total. The van der Waals surface area contributed by atoms with Gasteiger partial charge in [-0.25, -0.2) is 9.18 Å². The molecule has 9 nitrogen and oxygen atoms in total. The van der Waals surface area contributed by atoms with Crippen molar-refractivity contribution in [2.45, 2.75) is 75.8 Å². The van der Waals surface area contributed by atoms with Crippen molar-refractivity contribution in [1.82, 2.24) is 19.8 Å². The monoisotopic (exact) mass is 607 g/mol. The van der Waals surface area contributed by atoms with Gasteiger partial charge in [0.15, 0.2) is 0 Å². The van der Waals surface area contributed by atoms with Crippen LogP contribution in [0, 0.1) is 0 Å². The number of fused-ring (bicyclic) bond motifs is 2. The minimum Gasteiger partial charge on any atom is -0.461 e. The van der Waals surface area contributed by atoms with Gasteiger partial charge in [0.1, 0.15) is 24.2 Å². The molecule has 214 valence electrons. The minimum absolute atomic E-state index is 0.0573. The fourth-order valence-electron chi connectivity index (χ4n) is 6.41. The predicted octanol–water partition coefficient (Wildman–Crippen LogP) is 4.81. The number of hydrogen-bond donors (Lipinski definition) is 0. The quantitative estimate of drug-likeness (QED) is 0.444. The Morgan fingerprint density at radius 3 is 2.82 bits per heavy atom. The predicted molar refractivity (Wildman–Crippen MR) is 151 cm³/mol. The first-order valence-corrected chi connectivity index (χ1v) is 14.5. The number of benzene rings is 1. The van der Waals surface area contributed by atoms with E-state index < -0.39 is 11.8 Å². The average Bonchev–Trinajstić information content (AvgIpc) is 3.53. The number of likely N-dealkylation sites (N-methyl/N-ethyl adjacent to an activating group) is 1. The third-order valence-electron chi connectivity index (χ3n) is 8.16. The summed E-state index contributed by atoms with van der Waals surface area (Å²) in [7, 11) is 3.63. The minimum atomic E-state index is -0.822. The molecule has 3 aliphatic heterocycles. The lowest BCUT2D eigenvalue weighted by atomic mass is 9.95. The number of rotatable bonds is 7. The van der Waals surface area contributed by atoms with Crippen molar-refractivity contribution < 1.29 is 23.4 Å². The average molecular weight is 609 g/mol. The zero-order valence-electron chi connectivity index (χ0n) is 23.5. The summed E-state index contributed by atoms with van der Waals surface area (Å²) in [5.74, 6) is 0.718. The van der Waals surface area contributed by atoms with Gasteiger partial charge in [-0.2, -0.15) is 9.97 Å². The van der Waals surface area contributed by atoms with Crippen LogP contribution in [0.15, 0.2) is 22.7 Å². The van der Waals surface area contributed by atoms with Crippen molar-refractivity contribution in [3.05, 3.63) is 22.7 Å². The number of alkyl halides is 1. The Bertz CT molecular complexity index is 1210. The van der Waals surface area contributed by atoms with E-state index in [-0.39, 0.29) is 29.7 Å². The molecule has 1 aromatic carbocycles. The Balaban J connectivity index is 1.43. The van der Waals surface area contributed by atoms with Gasteiger partial charge >= 0.3 is 12.1 Å². The van der Waals surface area contributed by atoms with Gasteiger partial charge in [-0.15, -0.1) is 0 Å². The smallest absolute Gasteiger partial charge is 0.410 e. The van der Waals surface area contributed by atoms with Crippen molar-refractivity contribution in [3.8, 4) is 6.01 Å². The van der Waals surface area contributed by atoms with Crippen molar-refractivity contribution in [2.75, 3.05) is 51.9 Å². The number of aromatic nitrogens is 2. The fraction of sp³-hybridized carbons (Fsp3) is 0.679. The lowest BCUT2D eigenvalue weighted by Crippen LogP contribution is -2.49. The molecule has 3 fully saturated rings. The van der Waals surface area contributed by atoms with Gasteiger partial charge < -0.3 is 24.0 Å². The van der Waals surface area contributed by atoms with Gasteiger partial charge in [-0.3, -0.25) is 4.90 Å². The molecule has 0 bridgehead atoms. The van der Waals surface area contributed by atoms with E-state index in [0.29, 0.717) is 32.7 Å². The number of carbonyl (C=O) groups is 1. The Morgan fingerprint density at radius 2 is 2.08 bits per heavy atom. The van der Waals surface area contributed by atoms with E-state index in [0.717, 1.165) is 47.0 Å². The third-order valence-corrected chi connectivity index (χ3v) is 8.65. The van der Waals surface area contributed by atoms with Crippen LogP contribution in [0.1, 0.15) is 46.5 Å². The normalized spacial score (nSPS) is 27.3. The SMILES string of the molecule is COC[C@@H]1[C@H](N(C)c2nc(OC[C@@]34CCCN3C[C@H](F)C4)nc3cc(Br)ccc23)CCN1C(=O)OC(C)(C)C. The van der Waals surface area contributed by atoms with Crippen LogP contribution in [0.5, 0.6) is 6.01 Å². The standard InChI is InChI=1S/C28H39BrFN5O4/c1-27(2,3)39-26(36)35-12-9-22(23(35)16-37-5)33(4)24-20-8-7-18(29)13-21(20)31-25(32-24)38-17-28-10-6-11-34(28)15-19(30)14-28/h7-8,13,19,22-23H,6,9-12,14-17H2,1-5H3/t19-,22-,23-,28+/m1/s1. The summed E-state index contributed by atoms with van der Waals surface area (Å²) in [5, 5.41) is 0.880. The molecular formula is C28H39BrFN5O4. The Morgan fingerprint density at radius 1 is 1.28 bits per heavy atom. The molecule has 4 atom stereocenters. The van der Waals surface area contributed by atoms with E-state index in [1.165, 1.54) is 0 Å². The summed E-state index contributed by atoms with van der Waals surface area (Å²) in [6, 6.07) is 5.90. The molecule has 4 heterocycles. The molecule has 0 spiro atoms. The second-order valence-corrected chi connectivity index (χ2v) is 12.9. The molecule has 5 rings (SSSR count). The van der Waals surface area contributed by atoms with Crippen LogP contribution in [0.4, 0.5) is 15.0 Å². The molecule has 0 radical (unpaired) electrons. The first-order valence-electron chi connectivity index (χ1n) is 13.7. The van der Waals surface area contributed by atoms with E-state index in [1.807, 2.05) is 46.0 Å². The van der Waals surface area contributed by atoms with Crippen LogP contribution in [0.2, 0.25) is 0 Å². The molecule has 11 heteroatoms. The maximum Gasteiger partial charge on any atom is 0.410 e. The topological polar surface area (TPSA) is 80.3 Å². The van der Waals surface area contributed by atoms with Gasteiger partial charge in [-0.05, 0) is 64.8 Å². The zero-order valence-corrected chi connectivity index (χ0v) is 25.0. The number of anilines is 1. The van der Waals surface area contributed by atoms with E-state index >= 15 is 0 Å². The molecule has 0 unspecified atom stereocenters. The molecular weight excluding hydrogens is 569 g/mol. The summed E-state index contributed by atoms with van der Waals surface area (Å²) in [5.41, 5.74) is -0.127. The largest absolute Gasteiger partial charge is 0.461 e. The Kier molecular flexibility index (Phi) is 7.96. The maximum absolute atomic E-state index is 14.3. The second kappa shape index (κ2) is 11.0. The molecule has 3 saturated heterocycles. The molecule has 0 aliphatic carbocycles. The van der Waals surface area contributed by atoms with Crippen LogP contribution in [-0.2, 0) is 9.47 Å². The molecule has 2 aromatic rings. The van der Waals surface area contributed by atoms with Crippen molar-refractivity contribution in [3.63, 3.8) is 0 Å². The fourth-order valence-corrected chi connectivity index (χ4v) is 6.76. The van der Waals surface area contributed by atoms with Crippen molar-refractivity contribution in [1.29, 1.82) is 0 Å².